The number of nitrogens with zero attached hydrogens (tertiary/aromatic N) is 1. The second-order valence-corrected chi connectivity index (χ2v) is 7.83. The maximum atomic E-state index is 12.9. The van der Waals surface area contributed by atoms with Crippen molar-refractivity contribution in [3.63, 3.8) is 0 Å². The zero-order valence-corrected chi connectivity index (χ0v) is 16.0. The maximum Gasteiger partial charge on any atom is 0.336 e. The van der Waals surface area contributed by atoms with Crippen molar-refractivity contribution in [3.05, 3.63) is 65.7 Å². The lowest BCUT2D eigenvalue weighted by molar-refractivity contribution is 0.223. The first-order valence-electron chi connectivity index (χ1n) is 8.60. The van der Waals surface area contributed by atoms with Gasteiger partial charge in [-0.25, -0.2) is 0 Å². The number of aliphatic imine (C=N–C) groups is 1. The van der Waals surface area contributed by atoms with E-state index in [0.717, 1.165) is 17.0 Å². The predicted molar refractivity (Wildman–Crippen MR) is 104 cm³/mol. The molecule has 5 heteroatoms. The Morgan fingerprint density at radius 3 is 2.12 bits per heavy atom. The third-order valence-corrected chi connectivity index (χ3v) is 5.66. The zero-order chi connectivity index (χ0) is 18.1. The molecule has 0 saturated carbocycles. The molecular formula is C20H26NO3P. The first-order chi connectivity index (χ1) is 12.0. The lowest BCUT2D eigenvalue weighted by atomic mass is 10.1. The maximum absolute atomic E-state index is 12.9. The Morgan fingerprint density at radius 2 is 1.56 bits per heavy atom. The Kier molecular flexibility index (Phi) is 7.57. The Morgan fingerprint density at radius 1 is 0.960 bits per heavy atom. The SMILES string of the molecule is CCOP(=O)(CC(Cc1ccccc1)=Nc1ccc(C)cc1)OCC. The van der Waals surface area contributed by atoms with Crippen LogP contribution in [0.5, 0.6) is 0 Å². The van der Waals surface area contributed by atoms with Crippen LogP contribution in [0.25, 0.3) is 0 Å². The molecule has 0 unspecified atom stereocenters. The molecule has 0 heterocycles. The summed E-state index contributed by atoms with van der Waals surface area (Å²) < 4.78 is 23.8. The average molecular weight is 359 g/mol. The molecule has 0 bridgehead atoms. The minimum absolute atomic E-state index is 0.192. The smallest absolute Gasteiger partial charge is 0.309 e. The van der Waals surface area contributed by atoms with Crippen molar-refractivity contribution in [1.82, 2.24) is 0 Å². The molecule has 0 amide bonds. The second kappa shape index (κ2) is 9.67. The van der Waals surface area contributed by atoms with Gasteiger partial charge >= 0.3 is 7.60 Å². The van der Waals surface area contributed by atoms with Crippen molar-refractivity contribution >= 4 is 19.0 Å². The summed E-state index contributed by atoms with van der Waals surface area (Å²) in [5, 5.41) is 0. The Balaban J connectivity index is 2.30. The fourth-order valence-electron chi connectivity index (χ4n) is 2.51. The molecule has 2 rings (SSSR count). The van der Waals surface area contributed by atoms with E-state index in [2.05, 4.69) is 0 Å². The highest BCUT2D eigenvalue weighted by molar-refractivity contribution is 7.54. The predicted octanol–water partition coefficient (Wildman–Crippen LogP) is 5.58. The van der Waals surface area contributed by atoms with Crippen LogP contribution in [0.15, 0.2) is 59.6 Å². The van der Waals surface area contributed by atoms with Crippen LogP contribution in [0, 0.1) is 6.92 Å². The van der Waals surface area contributed by atoms with E-state index in [9.17, 15) is 4.57 Å². The molecule has 134 valence electrons. The molecule has 0 aliphatic carbocycles. The van der Waals surface area contributed by atoms with Gasteiger partial charge in [0.2, 0.25) is 0 Å². The summed E-state index contributed by atoms with van der Waals surface area (Å²) in [6.45, 7) is 6.37. The average Bonchev–Trinajstić information content (AvgIpc) is 2.58. The molecule has 0 aliphatic rings. The molecule has 4 nitrogen and oxygen atoms in total. The van der Waals surface area contributed by atoms with Gasteiger partial charge in [-0.15, -0.1) is 0 Å². The molecule has 0 aliphatic heterocycles. The highest BCUT2D eigenvalue weighted by Crippen LogP contribution is 2.48. The molecule has 0 fully saturated rings. The summed E-state index contributed by atoms with van der Waals surface area (Å²) in [6, 6.07) is 18.0. The van der Waals surface area contributed by atoms with Gasteiger partial charge in [0, 0.05) is 12.1 Å². The summed E-state index contributed by atoms with van der Waals surface area (Å²) in [7, 11) is -3.19. The molecule has 2 aromatic carbocycles. The summed E-state index contributed by atoms with van der Waals surface area (Å²) in [4.78, 5) is 4.73. The Bertz CT molecular complexity index is 716. The number of rotatable bonds is 9. The van der Waals surface area contributed by atoms with Crippen LogP contribution in [0.1, 0.15) is 25.0 Å². The van der Waals surface area contributed by atoms with E-state index in [1.54, 1.807) is 0 Å². The molecule has 25 heavy (non-hydrogen) atoms. The first-order valence-corrected chi connectivity index (χ1v) is 10.3. The highest BCUT2D eigenvalue weighted by atomic mass is 31.2. The number of aryl methyl sites for hydroxylation is 1. The monoisotopic (exact) mass is 359 g/mol. The van der Waals surface area contributed by atoms with Gasteiger partial charge in [-0.2, -0.15) is 0 Å². The van der Waals surface area contributed by atoms with Gasteiger partial charge in [0.1, 0.15) is 0 Å². The summed E-state index contributed by atoms with van der Waals surface area (Å²) in [6.07, 6.45) is 0.802. The standard InChI is InChI=1S/C20H26NO3P/c1-4-23-25(22,24-5-2)16-20(15-18-9-7-6-8-10-18)21-19-13-11-17(3)12-14-19/h6-14H,4-5,15-16H2,1-3H3. The lowest BCUT2D eigenvalue weighted by Crippen LogP contribution is -2.13. The van der Waals surface area contributed by atoms with Gasteiger partial charge in [-0.05, 0) is 38.5 Å². The van der Waals surface area contributed by atoms with Gasteiger partial charge in [0.25, 0.3) is 0 Å². The normalized spacial score (nSPS) is 12.4. The third-order valence-electron chi connectivity index (χ3n) is 3.60. The molecule has 0 aromatic heterocycles. The second-order valence-electron chi connectivity index (χ2n) is 5.78. The minimum atomic E-state index is -3.19. The number of benzene rings is 2. The van der Waals surface area contributed by atoms with Crippen molar-refractivity contribution in [2.24, 2.45) is 4.99 Å². The molecule has 0 atom stereocenters. The summed E-state index contributed by atoms with van der Waals surface area (Å²) >= 11 is 0. The quantitative estimate of drug-likeness (QED) is 0.434. The zero-order valence-electron chi connectivity index (χ0n) is 15.1. The molecule has 0 N–H and O–H groups in total. The molecule has 0 saturated heterocycles. The van der Waals surface area contributed by atoms with Crippen LogP contribution in [0.4, 0.5) is 5.69 Å². The van der Waals surface area contributed by atoms with Crippen LogP contribution >= 0.6 is 7.60 Å². The van der Waals surface area contributed by atoms with E-state index >= 15 is 0 Å². The first kappa shape index (κ1) is 19.6. The third kappa shape index (κ3) is 6.58. The molecular weight excluding hydrogens is 333 g/mol. The summed E-state index contributed by atoms with van der Waals surface area (Å²) in [5.74, 6) is 0. The number of hydrogen-bond acceptors (Lipinski definition) is 4. The van der Waals surface area contributed by atoms with Crippen LogP contribution in [-0.2, 0) is 20.0 Å². The fraction of sp³-hybridized carbons (Fsp3) is 0.350. The molecule has 0 spiro atoms. The minimum Gasteiger partial charge on any atom is -0.309 e. The van der Waals surface area contributed by atoms with E-state index in [-0.39, 0.29) is 6.16 Å². The molecule has 2 aromatic rings. The Hall–Kier alpha value is -1.74. The summed E-state index contributed by atoms with van der Waals surface area (Å²) in [5.41, 5.74) is 3.93. The van der Waals surface area contributed by atoms with Gasteiger partial charge in [-0.3, -0.25) is 9.56 Å². The van der Waals surface area contributed by atoms with E-state index in [1.165, 1.54) is 5.56 Å². The van der Waals surface area contributed by atoms with Gasteiger partial charge < -0.3 is 9.05 Å². The van der Waals surface area contributed by atoms with Crippen LogP contribution in [0.3, 0.4) is 0 Å². The van der Waals surface area contributed by atoms with E-state index in [4.69, 9.17) is 14.0 Å². The lowest BCUT2D eigenvalue weighted by Gasteiger charge is -2.18. The van der Waals surface area contributed by atoms with Crippen molar-refractivity contribution in [2.45, 2.75) is 27.2 Å². The van der Waals surface area contributed by atoms with Crippen LogP contribution in [0.2, 0.25) is 0 Å². The van der Waals surface area contributed by atoms with E-state index < -0.39 is 7.60 Å². The van der Waals surface area contributed by atoms with E-state index in [0.29, 0.717) is 19.6 Å². The largest absolute Gasteiger partial charge is 0.336 e. The van der Waals surface area contributed by atoms with Crippen LogP contribution in [-0.4, -0.2) is 25.1 Å². The van der Waals surface area contributed by atoms with Crippen molar-refractivity contribution in [1.29, 1.82) is 0 Å². The fourth-order valence-corrected chi connectivity index (χ4v) is 4.18. The van der Waals surface area contributed by atoms with Crippen molar-refractivity contribution in [2.75, 3.05) is 19.4 Å². The Labute approximate surface area is 150 Å². The van der Waals surface area contributed by atoms with Gasteiger partial charge in [0.05, 0.1) is 25.1 Å². The van der Waals surface area contributed by atoms with Crippen molar-refractivity contribution < 1.29 is 13.6 Å². The highest BCUT2D eigenvalue weighted by Gasteiger charge is 2.26. The van der Waals surface area contributed by atoms with Gasteiger partial charge in [-0.1, -0.05) is 48.0 Å². The van der Waals surface area contributed by atoms with Crippen molar-refractivity contribution in [3.8, 4) is 0 Å². The number of hydrogen-bond donors (Lipinski definition) is 0. The molecule has 0 radical (unpaired) electrons. The topological polar surface area (TPSA) is 47.9 Å². The van der Waals surface area contributed by atoms with Gasteiger partial charge in [0.15, 0.2) is 0 Å². The van der Waals surface area contributed by atoms with E-state index in [1.807, 2.05) is 75.4 Å². The van der Waals surface area contributed by atoms with Crippen LogP contribution < -0.4 is 0 Å².